The molecule has 3 rings (SSSR count). The molecule has 1 aliphatic rings. The van der Waals surface area contributed by atoms with Gasteiger partial charge in [0.25, 0.3) is 0 Å². The number of rotatable bonds is 6. The molecule has 1 heterocycles. The Balaban J connectivity index is 1.71. The third kappa shape index (κ3) is 4.35. The van der Waals surface area contributed by atoms with Crippen molar-refractivity contribution in [3.8, 4) is 5.75 Å². The Morgan fingerprint density at radius 1 is 0.963 bits per heavy atom. The molecule has 0 unspecified atom stereocenters. The van der Waals surface area contributed by atoms with E-state index in [1.807, 2.05) is 0 Å². The average molecular weight is 388 g/mol. The highest BCUT2D eigenvalue weighted by Gasteiger charge is 2.27. The van der Waals surface area contributed by atoms with Gasteiger partial charge in [-0.3, -0.25) is 14.5 Å². The van der Waals surface area contributed by atoms with Crippen LogP contribution in [0.4, 0.5) is 5.69 Å². The van der Waals surface area contributed by atoms with Gasteiger partial charge in [0.15, 0.2) is 0 Å². The zero-order chi connectivity index (χ0) is 19.4. The fourth-order valence-corrected chi connectivity index (χ4v) is 3.84. The van der Waals surface area contributed by atoms with Gasteiger partial charge >= 0.3 is 0 Å². The monoisotopic (exact) mass is 388 g/mol. The number of amides is 2. The van der Waals surface area contributed by atoms with Crippen LogP contribution in [-0.4, -0.2) is 27.3 Å². The first kappa shape index (κ1) is 19.1. The lowest BCUT2D eigenvalue weighted by atomic mass is 10.1. The highest BCUT2D eigenvalue weighted by atomic mass is 32.2. The molecule has 0 spiro atoms. The number of ether oxygens (including phenoxy) is 1. The second-order valence-corrected chi connectivity index (χ2v) is 7.91. The summed E-state index contributed by atoms with van der Waals surface area (Å²) in [6.07, 6.45) is 1.18. The number of anilines is 1. The summed E-state index contributed by atoms with van der Waals surface area (Å²) < 4.78 is 32.5. The van der Waals surface area contributed by atoms with Gasteiger partial charge in [-0.15, -0.1) is 0 Å². The van der Waals surface area contributed by atoms with Crippen molar-refractivity contribution in [3.63, 3.8) is 0 Å². The van der Waals surface area contributed by atoms with Crippen LogP contribution in [0.15, 0.2) is 53.4 Å². The number of carbonyl (C=O) groups is 2. The van der Waals surface area contributed by atoms with Gasteiger partial charge in [0.2, 0.25) is 21.8 Å². The lowest BCUT2D eigenvalue weighted by molar-refractivity contribution is -0.129. The van der Waals surface area contributed by atoms with E-state index in [9.17, 15) is 18.0 Å². The maximum atomic E-state index is 12.5. The van der Waals surface area contributed by atoms with Crippen LogP contribution in [0.1, 0.15) is 24.8 Å². The first-order valence-electron chi connectivity index (χ1n) is 8.49. The summed E-state index contributed by atoms with van der Waals surface area (Å²) in [6.45, 7) is 0.136. The molecule has 0 bridgehead atoms. The van der Waals surface area contributed by atoms with Gasteiger partial charge in [0.05, 0.1) is 17.7 Å². The van der Waals surface area contributed by atoms with E-state index in [2.05, 4.69) is 4.72 Å². The second kappa shape index (κ2) is 7.89. The molecule has 8 heteroatoms. The second-order valence-electron chi connectivity index (χ2n) is 6.14. The number of imide groups is 1. The first-order valence-corrected chi connectivity index (χ1v) is 9.97. The lowest BCUT2D eigenvalue weighted by Gasteiger charge is -2.24. The van der Waals surface area contributed by atoms with Crippen LogP contribution in [0.25, 0.3) is 0 Å². The number of hydrogen-bond donors (Lipinski definition) is 1. The van der Waals surface area contributed by atoms with E-state index >= 15 is 0 Å². The predicted octanol–water partition coefficient (Wildman–Crippen LogP) is 2.22. The minimum atomic E-state index is -3.72. The van der Waals surface area contributed by atoms with Crippen molar-refractivity contribution in [2.75, 3.05) is 12.0 Å². The number of benzene rings is 2. The van der Waals surface area contributed by atoms with Crippen LogP contribution in [0, 0.1) is 0 Å². The third-order valence-electron chi connectivity index (χ3n) is 4.31. The third-order valence-corrected chi connectivity index (χ3v) is 5.73. The van der Waals surface area contributed by atoms with E-state index in [1.54, 1.807) is 31.4 Å². The van der Waals surface area contributed by atoms with Gasteiger partial charge in [-0.1, -0.05) is 12.1 Å². The van der Waals surface area contributed by atoms with Gasteiger partial charge in [0.1, 0.15) is 5.75 Å². The van der Waals surface area contributed by atoms with Crippen molar-refractivity contribution >= 4 is 27.5 Å². The summed E-state index contributed by atoms with van der Waals surface area (Å²) in [7, 11) is -2.16. The summed E-state index contributed by atoms with van der Waals surface area (Å²) in [6, 6.07) is 12.8. The Morgan fingerprint density at radius 3 is 2.11 bits per heavy atom. The summed E-state index contributed by atoms with van der Waals surface area (Å²) >= 11 is 0. The summed E-state index contributed by atoms with van der Waals surface area (Å²) in [5.41, 5.74) is 1.18. The molecule has 0 aliphatic carbocycles. The molecule has 2 aromatic carbocycles. The molecule has 0 saturated carbocycles. The van der Waals surface area contributed by atoms with Crippen molar-refractivity contribution in [2.45, 2.75) is 30.7 Å². The van der Waals surface area contributed by atoms with Crippen LogP contribution in [0.5, 0.6) is 5.75 Å². The molecule has 0 radical (unpaired) electrons. The highest BCUT2D eigenvalue weighted by Crippen LogP contribution is 2.23. The van der Waals surface area contributed by atoms with Gasteiger partial charge in [-0.05, 0) is 48.4 Å². The molecule has 27 heavy (non-hydrogen) atoms. The summed E-state index contributed by atoms with van der Waals surface area (Å²) in [5.74, 6) is 0.165. The SMILES string of the molecule is COc1ccc(CNS(=O)(=O)c2ccc(N3C(=O)CCCC3=O)cc2)cc1. The van der Waals surface area contributed by atoms with Crippen molar-refractivity contribution < 1.29 is 22.7 Å². The van der Waals surface area contributed by atoms with E-state index in [1.165, 1.54) is 24.3 Å². The maximum absolute atomic E-state index is 12.5. The molecule has 2 amide bonds. The van der Waals surface area contributed by atoms with Crippen LogP contribution in [0.3, 0.4) is 0 Å². The van der Waals surface area contributed by atoms with Gasteiger partial charge in [-0.2, -0.15) is 0 Å². The molecule has 2 aromatic rings. The minimum Gasteiger partial charge on any atom is -0.497 e. The van der Waals surface area contributed by atoms with Crippen LogP contribution >= 0.6 is 0 Å². The quantitative estimate of drug-likeness (QED) is 0.766. The Labute approximate surface area is 158 Å². The lowest BCUT2D eigenvalue weighted by Crippen LogP contribution is -2.40. The fraction of sp³-hybridized carbons (Fsp3) is 0.263. The van der Waals surface area contributed by atoms with Crippen LogP contribution in [-0.2, 0) is 26.2 Å². The van der Waals surface area contributed by atoms with Crippen molar-refractivity contribution in [3.05, 3.63) is 54.1 Å². The van der Waals surface area contributed by atoms with E-state index in [4.69, 9.17) is 4.74 Å². The number of hydrogen-bond acceptors (Lipinski definition) is 5. The molecule has 7 nitrogen and oxygen atoms in total. The smallest absolute Gasteiger partial charge is 0.240 e. The Hall–Kier alpha value is -2.71. The molecule has 1 aliphatic heterocycles. The normalized spacial score (nSPS) is 15.1. The number of nitrogens with one attached hydrogen (secondary N) is 1. The predicted molar refractivity (Wildman–Crippen MR) is 99.8 cm³/mol. The van der Waals surface area contributed by atoms with Gasteiger partial charge < -0.3 is 4.74 Å². The molecule has 0 atom stereocenters. The number of sulfonamides is 1. The number of piperidine rings is 1. The number of nitrogens with zero attached hydrogens (tertiary/aromatic N) is 1. The average Bonchev–Trinajstić information content (AvgIpc) is 2.67. The molecular weight excluding hydrogens is 368 g/mol. The fourth-order valence-electron chi connectivity index (χ4n) is 2.82. The Morgan fingerprint density at radius 2 is 1.56 bits per heavy atom. The summed E-state index contributed by atoms with van der Waals surface area (Å²) in [4.78, 5) is 25.1. The summed E-state index contributed by atoms with van der Waals surface area (Å²) in [5, 5.41) is 0. The number of carbonyl (C=O) groups excluding carboxylic acids is 2. The van der Waals surface area contributed by atoms with Crippen molar-refractivity contribution in [1.29, 1.82) is 0 Å². The van der Waals surface area contributed by atoms with Crippen molar-refractivity contribution in [1.82, 2.24) is 4.72 Å². The maximum Gasteiger partial charge on any atom is 0.240 e. The van der Waals surface area contributed by atoms with E-state index in [-0.39, 0.29) is 23.3 Å². The molecule has 142 valence electrons. The standard InChI is InChI=1S/C19H20N2O5S/c1-26-16-9-5-14(6-10-16)13-20-27(24,25)17-11-7-15(8-12-17)21-18(22)3-2-4-19(21)23/h5-12,20H,2-4,13H2,1H3. The zero-order valence-electron chi connectivity index (χ0n) is 14.8. The van der Waals surface area contributed by atoms with Crippen LogP contribution < -0.4 is 14.4 Å². The first-order chi connectivity index (χ1) is 12.9. The zero-order valence-corrected chi connectivity index (χ0v) is 15.7. The highest BCUT2D eigenvalue weighted by molar-refractivity contribution is 7.89. The Kier molecular flexibility index (Phi) is 5.57. The number of methoxy groups -OCH3 is 1. The molecule has 1 saturated heterocycles. The minimum absolute atomic E-state index is 0.0664. The Bertz CT molecular complexity index is 921. The van der Waals surface area contributed by atoms with E-state index < -0.39 is 10.0 Å². The topological polar surface area (TPSA) is 92.8 Å². The molecular formula is C19H20N2O5S. The van der Waals surface area contributed by atoms with Crippen molar-refractivity contribution in [2.24, 2.45) is 0 Å². The van der Waals surface area contributed by atoms with Gasteiger partial charge in [0, 0.05) is 19.4 Å². The van der Waals surface area contributed by atoms with E-state index in [0.29, 0.717) is 30.7 Å². The largest absolute Gasteiger partial charge is 0.497 e. The molecule has 1 N–H and O–H groups in total. The van der Waals surface area contributed by atoms with Crippen LogP contribution in [0.2, 0.25) is 0 Å². The van der Waals surface area contributed by atoms with Gasteiger partial charge in [-0.25, -0.2) is 13.1 Å². The van der Waals surface area contributed by atoms with E-state index in [0.717, 1.165) is 10.5 Å². The molecule has 1 fully saturated rings. The molecule has 0 aromatic heterocycles.